The van der Waals surface area contributed by atoms with Gasteiger partial charge in [0.25, 0.3) is 0 Å². The minimum Gasteiger partial charge on any atom is -0.486 e. The topological polar surface area (TPSA) is 48.7 Å². The fourth-order valence-corrected chi connectivity index (χ4v) is 3.30. The Hall–Kier alpha value is -2.75. The van der Waals surface area contributed by atoms with Crippen LogP contribution in [0.2, 0.25) is 0 Å². The van der Waals surface area contributed by atoms with Crippen LogP contribution in [0.15, 0.2) is 46.9 Å². The first kappa shape index (κ1) is 18.1. The fourth-order valence-electron chi connectivity index (χ4n) is 3.30. The van der Waals surface area contributed by atoms with E-state index in [1.807, 2.05) is 6.07 Å². The van der Waals surface area contributed by atoms with Crippen molar-refractivity contribution in [1.29, 1.82) is 0 Å². The van der Waals surface area contributed by atoms with Crippen molar-refractivity contribution in [2.45, 2.75) is 39.7 Å². The van der Waals surface area contributed by atoms with E-state index in [9.17, 15) is 4.79 Å². The maximum Gasteiger partial charge on any atom is 0.341 e. The number of hydrogen-bond donors (Lipinski definition) is 0. The summed E-state index contributed by atoms with van der Waals surface area (Å²) < 4.78 is 16.2. The predicted molar refractivity (Wildman–Crippen MR) is 101 cm³/mol. The number of furan rings is 1. The Morgan fingerprint density at radius 3 is 2.85 bits per heavy atom. The molecule has 1 aliphatic carbocycles. The van der Waals surface area contributed by atoms with E-state index in [0.29, 0.717) is 17.1 Å². The zero-order valence-electron chi connectivity index (χ0n) is 15.6. The summed E-state index contributed by atoms with van der Waals surface area (Å²) in [6.45, 7) is 8.31. The number of carbonyl (C=O) groups is 1. The molecule has 1 heterocycles. The number of esters is 1. The van der Waals surface area contributed by atoms with Crippen molar-refractivity contribution in [3.05, 3.63) is 70.7 Å². The summed E-state index contributed by atoms with van der Waals surface area (Å²) in [6.07, 6.45) is 5.20. The van der Waals surface area contributed by atoms with Crippen LogP contribution in [0.4, 0.5) is 0 Å². The van der Waals surface area contributed by atoms with Gasteiger partial charge in [-0.1, -0.05) is 37.6 Å². The molecule has 0 N–H and O–H groups in total. The highest BCUT2D eigenvalue weighted by Gasteiger charge is 2.17. The van der Waals surface area contributed by atoms with Crippen LogP contribution in [0.5, 0.6) is 5.75 Å². The van der Waals surface area contributed by atoms with Crippen molar-refractivity contribution in [3.63, 3.8) is 0 Å². The molecule has 0 aliphatic heterocycles. The average Bonchev–Trinajstić information content (AvgIpc) is 3.00. The van der Waals surface area contributed by atoms with E-state index in [1.165, 1.54) is 23.8 Å². The maximum absolute atomic E-state index is 11.7. The molecule has 0 unspecified atom stereocenters. The lowest BCUT2D eigenvalue weighted by Crippen LogP contribution is -2.03. The van der Waals surface area contributed by atoms with Crippen LogP contribution in [0.1, 0.15) is 52.8 Å². The number of ether oxygens (including phenoxy) is 2. The summed E-state index contributed by atoms with van der Waals surface area (Å²) in [7, 11) is 1.35. The molecule has 1 aromatic heterocycles. The third-order valence-electron chi connectivity index (χ3n) is 4.49. The van der Waals surface area contributed by atoms with Gasteiger partial charge in [-0.15, -0.1) is 0 Å². The lowest BCUT2D eigenvalue weighted by atomic mass is 9.86. The zero-order valence-corrected chi connectivity index (χ0v) is 15.6. The highest BCUT2D eigenvalue weighted by molar-refractivity contribution is 5.90. The zero-order chi connectivity index (χ0) is 18.7. The van der Waals surface area contributed by atoms with Gasteiger partial charge in [0.05, 0.1) is 7.11 Å². The summed E-state index contributed by atoms with van der Waals surface area (Å²) >= 11 is 0. The number of hydrogen-bond acceptors (Lipinski definition) is 4. The van der Waals surface area contributed by atoms with E-state index in [2.05, 4.69) is 31.7 Å². The van der Waals surface area contributed by atoms with Crippen LogP contribution < -0.4 is 4.74 Å². The molecule has 3 rings (SSSR count). The molecule has 1 aromatic carbocycles. The summed E-state index contributed by atoms with van der Waals surface area (Å²) in [5.41, 5.74) is 5.43. The molecular weight excluding hydrogens is 328 g/mol. The SMILES string of the molecule is C=C1C=C(CCC)c2ccc(OCc3cc(C(=O)OC)c(C)o3)cc2C1. The van der Waals surface area contributed by atoms with E-state index in [1.54, 1.807) is 13.0 Å². The Labute approximate surface area is 154 Å². The molecule has 0 bridgehead atoms. The number of fused-ring (bicyclic) bond motifs is 1. The van der Waals surface area contributed by atoms with Crippen LogP contribution in [-0.4, -0.2) is 13.1 Å². The second kappa shape index (κ2) is 7.65. The van der Waals surface area contributed by atoms with Crippen LogP contribution in [0.3, 0.4) is 0 Å². The molecule has 2 aromatic rings. The Kier molecular flexibility index (Phi) is 5.31. The molecule has 0 spiro atoms. The van der Waals surface area contributed by atoms with Gasteiger partial charge in [-0.25, -0.2) is 4.79 Å². The Morgan fingerprint density at radius 1 is 1.31 bits per heavy atom. The summed E-state index contributed by atoms with van der Waals surface area (Å²) in [5.74, 6) is 1.51. The van der Waals surface area contributed by atoms with E-state index in [4.69, 9.17) is 13.9 Å². The first-order valence-electron chi connectivity index (χ1n) is 8.84. The number of rotatable bonds is 6. The van der Waals surface area contributed by atoms with Crippen LogP contribution in [0, 0.1) is 6.92 Å². The second-order valence-electron chi connectivity index (χ2n) is 6.54. The predicted octanol–water partition coefficient (Wildman–Crippen LogP) is 5.25. The van der Waals surface area contributed by atoms with Crippen molar-refractivity contribution >= 4 is 11.5 Å². The van der Waals surface area contributed by atoms with Crippen molar-refractivity contribution in [2.24, 2.45) is 0 Å². The molecule has 136 valence electrons. The largest absolute Gasteiger partial charge is 0.486 e. The number of benzene rings is 1. The van der Waals surface area contributed by atoms with Gasteiger partial charge in [-0.05, 0) is 54.7 Å². The normalized spacial score (nSPS) is 13.2. The third kappa shape index (κ3) is 3.74. The molecule has 0 saturated heterocycles. The lowest BCUT2D eigenvalue weighted by Gasteiger charge is -2.20. The second-order valence-corrected chi connectivity index (χ2v) is 6.54. The van der Waals surface area contributed by atoms with Crippen molar-refractivity contribution < 1.29 is 18.7 Å². The molecule has 26 heavy (non-hydrogen) atoms. The molecule has 1 aliphatic rings. The van der Waals surface area contributed by atoms with Gasteiger partial charge in [0.1, 0.15) is 29.4 Å². The van der Waals surface area contributed by atoms with E-state index >= 15 is 0 Å². The number of allylic oxidation sites excluding steroid dienone is 3. The molecular formula is C22H24O4. The van der Waals surface area contributed by atoms with E-state index in [-0.39, 0.29) is 6.61 Å². The van der Waals surface area contributed by atoms with Crippen LogP contribution in [-0.2, 0) is 17.8 Å². The quantitative estimate of drug-likeness (QED) is 0.666. The fraction of sp³-hybridized carbons (Fsp3) is 0.318. The summed E-state index contributed by atoms with van der Waals surface area (Å²) in [4.78, 5) is 11.7. The van der Waals surface area contributed by atoms with E-state index < -0.39 is 5.97 Å². The van der Waals surface area contributed by atoms with Gasteiger partial charge in [0, 0.05) is 0 Å². The van der Waals surface area contributed by atoms with Crippen molar-refractivity contribution in [2.75, 3.05) is 7.11 Å². The molecule has 0 radical (unpaired) electrons. The van der Waals surface area contributed by atoms with Gasteiger partial charge in [0.15, 0.2) is 0 Å². The van der Waals surface area contributed by atoms with Gasteiger partial charge in [0.2, 0.25) is 0 Å². The molecule has 4 heteroatoms. The number of methoxy groups -OCH3 is 1. The first-order valence-corrected chi connectivity index (χ1v) is 8.84. The summed E-state index contributed by atoms with van der Waals surface area (Å²) in [5, 5.41) is 0. The minimum absolute atomic E-state index is 0.259. The molecule has 4 nitrogen and oxygen atoms in total. The maximum atomic E-state index is 11.7. The lowest BCUT2D eigenvalue weighted by molar-refractivity contribution is 0.0599. The highest BCUT2D eigenvalue weighted by atomic mass is 16.5. The number of carbonyl (C=O) groups excluding carboxylic acids is 1. The van der Waals surface area contributed by atoms with Crippen molar-refractivity contribution in [3.8, 4) is 5.75 Å². The van der Waals surface area contributed by atoms with Gasteiger partial charge < -0.3 is 13.9 Å². The smallest absolute Gasteiger partial charge is 0.341 e. The molecule has 0 amide bonds. The van der Waals surface area contributed by atoms with E-state index in [0.717, 1.165) is 30.6 Å². The van der Waals surface area contributed by atoms with Gasteiger partial charge in [-0.2, -0.15) is 0 Å². The third-order valence-corrected chi connectivity index (χ3v) is 4.49. The Morgan fingerprint density at radius 2 is 2.12 bits per heavy atom. The first-order chi connectivity index (χ1) is 12.5. The minimum atomic E-state index is -0.403. The molecule has 0 atom stereocenters. The van der Waals surface area contributed by atoms with Crippen LogP contribution in [0.25, 0.3) is 5.57 Å². The Balaban J connectivity index is 1.74. The highest BCUT2D eigenvalue weighted by Crippen LogP contribution is 2.33. The number of aryl methyl sites for hydroxylation is 1. The average molecular weight is 352 g/mol. The monoisotopic (exact) mass is 352 g/mol. The van der Waals surface area contributed by atoms with Crippen molar-refractivity contribution in [1.82, 2.24) is 0 Å². The molecule has 0 fully saturated rings. The van der Waals surface area contributed by atoms with Gasteiger partial charge >= 0.3 is 5.97 Å². The van der Waals surface area contributed by atoms with Gasteiger partial charge in [-0.3, -0.25) is 0 Å². The standard InChI is InChI=1S/C22H24O4/c1-5-6-16-9-14(2)10-17-11-18(7-8-20(16)17)25-13-19-12-21(15(3)26-19)22(23)24-4/h7-9,11-12H,2,5-6,10,13H2,1,3-4H3. The summed E-state index contributed by atoms with van der Waals surface area (Å²) in [6, 6.07) is 7.84. The van der Waals surface area contributed by atoms with Crippen LogP contribution >= 0.6 is 0 Å². The molecule has 0 saturated carbocycles. The Bertz CT molecular complexity index is 870.